The van der Waals surface area contributed by atoms with Crippen LogP contribution in [0.1, 0.15) is 29.5 Å². The molecule has 1 saturated heterocycles. The highest BCUT2D eigenvalue weighted by atomic mass is 16.1. The summed E-state index contributed by atoms with van der Waals surface area (Å²) in [5.74, 6) is 0.855. The summed E-state index contributed by atoms with van der Waals surface area (Å²) in [6, 6.07) is 18.3. The standard InChI is InChI=1S/C25H28N4O/c1-17-14-18(2)24(19(3)15-17)26-25(30)21-10-7-13-29(16-21)23-12-11-22(27-28-23)20-8-5-4-6-9-20/h4-6,8-9,11-12,14-15,21H,7,10,13,16H2,1-3H3,(H,26,30). The van der Waals surface area contributed by atoms with Gasteiger partial charge in [-0.15, -0.1) is 10.2 Å². The van der Waals surface area contributed by atoms with Crippen molar-refractivity contribution in [2.45, 2.75) is 33.6 Å². The van der Waals surface area contributed by atoms with Crippen LogP contribution in [0.15, 0.2) is 54.6 Å². The lowest BCUT2D eigenvalue weighted by molar-refractivity contribution is -0.120. The van der Waals surface area contributed by atoms with Crippen molar-refractivity contribution in [1.29, 1.82) is 0 Å². The van der Waals surface area contributed by atoms with Crippen LogP contribution in [0.2, 0.25) is 0 Å². The lowest BCUT2D eigenvalue weighted by Gasteiger charge is -2.32. The molecular formula is C25H28N4O. The van der Waals surface area contributed by atoms with Crippen LogP contribution in [0.5, 0.6) is 0 Å². The van der Waals surface area contributed by atoms with Gasteiger partial charge in [0.25, 0.3) is 0 Å². The Labute approximate surface area is 178 Å². The van der Waals surface area contributed by atoms with Crippen molar-refractivity contribution in [3.05, 3.63) is 71.3 Å². The number of benzene rings is 2. The third-order valence-corrected chi connectivity index (χ3v) is 5.76. The second kappa shape index (κ2) is 8.66. The van der Waals surface area contributed by atoms with Crippen molar-refractivity contribution in [3.8, 4) is 11.3 Å². The predicted molar refractivity (Wildman–Crippen MR) is 122 cm³/mol. The van der Waals surface area contributed by atoms with Gasteiger partial charge in [0.15, 0.2) is 5.82 Å². The minimum absolute atomic E-state index is 0.0607. The van der Waals surface area contributed by atoms with Crippen molar-refractivity contribution in [3.63, 3.8) is 0 Å². The lowest BCUT2D eigenvalue weighted by atomic mass is 9.96. The van der Waals surface area contributed by atoms with Gasteiger partial charge < -0.3 is 10.2 Å². The van der Waals surface area contributed by atoms with Crippen LogP contribution in [0.25, 0.3) is 11.3 Å². The molecule has 2 heterocycles. The Morgan fingerprint density at radius 1 is 1.00 bits per heavy atom. The van der Waals surface area contributed by atoms with Gasteiger partial charge in [-0.25, -0.2) is 0 Å². The third kappa shape index (κ3) is 4.35. The number of amides is 1. The van der Waals surface area contributed by atoms with Gasteiger partial charge in [-0.3, -0.25) is 4.79 Å². The molecule has 1 aromatic heterocycles. The molecule has 1 aliphatic rings. The van der Waals surface area contributed by atoms with E-state index in [1.165, 1.54) is 5.56 Å². The van der Waals surface area contributed by atoms with Crippen LogP contribution >= 0.6 is 0 Å². The number of rotatable bonds is 4. The zero-order valence-electron chi connectivity index (χ0n) is 17.9. The first-order valence-corrected chi connectivity index (χ1v) is 10.5. The number of hydrogen-bond donors (Lipinski definition) is 1. The van der Waals surface area contributed by atoms with E-state index in [4.69, 9.17) is 0 Å². The van der Waals surface area contributed by atoms with Crippen molar-refractivity contribution in [2.75, 3.05) is 23.3 Å². The normalized spacial score (nSPS) is 16.4. The van der Waals surface area contributed by atoms with Crippen LogP contribution in [0.4, 0.5) is 11.5 Å². The molecular weight excluding hydrogens is 372 g/mol. The summed E-state index contributed by atoms with van der Waals surface area (Å²) >= 11 is 0. The molecule has 1 aliphatic heterocycles. The highest BCUT2D eigenvalue weighted by molar-refractivity contribution is 5.94. The average molecular weight is 401 g/mol. The molecule has 4 rings (SSSR count). The summed E-state index contributed by atoms with van der Waals surface area (Å²) in [6.45, 7) is 7.73. The van der Waals surface area contributed by atoms with E-state index in [0.717, 1.165) is 53.3 Å². The number of carbonyl (C=O) groups excluding carboxylic acids is 1. The number of anilines is 2. The quantitative estimate of drug-likeness (QED) is 0.675. The molecule has 154 valence electrons. The van der Waals surface area contributed by atoms with Gasteiger partial charge in [-0.1, -0.05) is 48.0 Å². The third-order valence-electron chi connectivity index (χ3n) is 5.76. The maximum atomic E-state index is 13.0. The molecule has 3 aromatic rings. The van der Waals surface area contributed by atoms with Gasteiger partial charge in [0.1, 0.15) is 0 Å². The van der Waals surface area contributed by atoms with Crippen LogP contribution in [-0.2, 0) is 4.79 Å². The summed E-state index contributed by atoms with van der Waals surface area (Å²) in [7, 11) is 0. The van der Waals surface area contributed by atoms with Crippen LogP contribution in [-0.4, -0.2) is 29.2 Å². The van der Waals surface area contributed by atoms with E-state index in [0.29, 0.717) is 6.54 Å². The Balaban J connectivity index is 1.45. The summed E-state index contributed by atoms with van der Waals surface area (Å²) in [6.07, 6.45) is 1.86. The van der Waals surface area contributed by atoms with E-state index >= 15 is 0 Å². The first-order chi connectivity index (χ1) is 14.5. The fraction of sp³-hybridized carbons (Fsp3) is 0.320. The van der Waals surface area contributed by atoms with E-state index in [9.17, 15) is 4.79 Å². The van der Waals surface area contributed by atoms with Crippen molar-refractivity contribution >= 4 is 17.4 Å². The zero-order valence-corrected chi connectivity index (χ0v) is 17.9. The fourth-order valence-corrected chi connectivity index (χ4v) is 4.26. The topological polar surface area (TPSA) is 58.1 Å². The summed E-state index contributed by atoms with van der Waals surface area (Å²) in [5, 5.41) is 12.0. The molecule has 1 fully saturated rings. The van der Waals surface area contributed by atoms with E-state index in [1.54, 1.807) is 0 Å². The van der Waals surface area contributed by atoms with E-state index in [2.05, 4.69) is 39.5 Å². The Bertz CT molecular complexity index is 1010. The van der Waals surface area contributed by atoms with Crippen molar-refractivity contribution in [2.24, 2.45) is 5.92 Å². The predicted octanol–water partition coefficient (Wildman–Crippen LogP) is 4.92. The van der Waals surface area contributed by atoms with Gasteiger partial charge >= 0.3 is 0 Å². The molecule has 5 heteroatoms. The van der Waals surface area contributed by atoms with E-state index in [-0.39, 0.29) is 11.8 Å². The molecule has 0 saturated carbocycles. The number of aryl methyl sites for hydroxylation is 3. The second-order valence-electron chi connectivity index (χ2n) is 8.19. The smallest absolute Gasteiger partial charge is 0.229 e. The van der Waals surface area contributed by atoms with Gasteiger partial charge in [0.2, 0.25) is 5.91 Å². The number of nitrogens with one attached hydrogen (secondary N) is 1. The largest absolute Gasteiger partial charge is 0.354 e. The van der Waals surface area contributed by atoms with Crippen molar-refractivity contribution in [1.82, 2.24) is 10.2 Å². The maximum Gasteiger partial charge on any atom is 0.229 e. The SMILES string of the molecule is Cc1cc(C)c(NC(=O)C2CCCN(c3ccc(-c4ccccc4)nn3)C2)c(C)c1. The summed E-state index contributed by atoms with van der Waals surface area (Å²) in [4.78, 5) is 15.2. The minimum Gasteiger partial charge on any atom is -0.354 e. The lowest BCUT2D eigenvalue weighted by Crippen LogP contribution is -2.41. The van der Waals surface area contributed by atoms with E-state index in [1.807, 2.05) is 56.3 Å². The van der Waals surface area contributed by atoms with Gasteiger partial charge in [0, 0.05) is 24.3 Å². The molecule has 0 bridgehead atoms. The molecule has 0 spiro atoms. The number of carbonyl (C=O) groups is 1. The molecule has 1 atom stereocenters. The van der Waals surface area contributed by atoms with Crippen LogP contribution < -0.4 is 10.2 Å². The Morgan fingerprint density at radius 2 is 1.73 bits per heavy atom. The van der Waals surface area contributed by atoms with Gasteiger partial charge in [0.05, 0.1) is 11.6 Å². The molecule has 1 unspecified atom stereocenters. The number of nitrogens with zero attached hydrogens (tertiary/aromatic N) is 3. The molecule has 2 aromatic carbocycles. The fourth-order valence-electron chi connectivity index (χ4n) is 4.26. The highest BCUT2D eigenvalue weighted by Crippen LogP contribution is 2.26. The second-order valence-corrected chi connectivity index (χ2v) is 8.19. The minimum atomic E-state index is -0.0607. The molecule has 0 aliphatic carbocycles. The summed E-state index contributed by atoms with van der Waals surface area (Å²) < 4.78 is 0. The van der Waals surface area contributed by atoms with Gasteiger partial charge in [-0.05, 0) is 56.9 Å². The first-order valence-electron chi connectivity index (χ1n) is 10.5. The Hall–Kier alpha value is -3.21. The number of piperidine rings is 1. The molecule has 5 nitrogen and oxygen atoms in total. The van der Waals surface area contributed by atoms with E-state index < -0.39 is 0 Å². The van der Waals surface area contributed by atoms with Crippen LogP contribution in [0, 0.1) is 26.7 Å². The monoisotopic (exact) mass is 400 g/mol. The zero-order chi connectivity index (χ0) is 21.1. The Kier molecular flexibility index (Phi) is 5.79. The highest BCUT2D eigenvalue weighted by Gasteiger charge is 2.27. The Morgan fingerprint density at radius 3 is 2.40 bits per heavy atom. The number of aromatic nitrogens is 2. The molecule has 1 amide bonds. The maximum absolute atomic E-state index is 13.0. The van der Waals surface area contributed by atoms with Crippen LogP contribution in [0.3, 0.4) is 0 Å². The molecule has 30 heavy (non-hydrogen) atoms. The van der Waals surface area contributed by atoms with Crippen molar-refractivity contribution < 1.29 is 4.79 Å². The molecule has 0 radical (unpaired) electrons. The first kappa shape index (κ1) is 20.1. The molecule has 1 N–H and O–H groups in total. The number of hydrogen-bond acceptors (Lipinski definition) is 4. The van der Waals surface area contributed by atoms with Gasteiger partial charge in [-0.2, -0.15) is 0 Å². The summed E-state index contributed by atoms with van der Waals surface area (Å²) in [5.41, 5.74) is 6.28. The average Bonchev–Trinajstić information content (AvgIpc) is 2.77.